The molecule has 0 fully saturated rings. The fourth-order valence-electron chi connectivity index (χ4n) is 2.74. The Morgan fingerprint density at radius 1 is 1.14 bits per heavy atom. The molecule has 0 aliphatic rings. The zero-order chi connectivity index (χ0) is 20.4. The lowest BCUT2D eigenvalue weighted by Crippen LogP contribution is -2.35. The van der Waals surface area contributed by atoms with Gasteiger partial charge >= 0.3 is 11.7 Å². The second-order valence-electron chi connectivity index (χ2n) is 5.98. The number of nitrogen functional groups attached to an aromatic ring is 1. The van der Waals surface area contributed by atoms with Gasteiger partial charge < -0.3 is 15.2 Å². The number of aromatic amines is 1. The second-order valence-corrected chi connectivity index (χ2v) is 5.98. The van der Waals surface area contributed by atoms with E-state index in [0.717, 1.165) is 15.3 Å². The first-order valence-corrected chi connectivity index (χ1v) is 8.19. The van der Waals surface area contributed by atoms with Gasteiger partial charge in [-0.2, -0.15) is 0 Å². The van der Waals surface area contributed by atoms with Crippen LogP contribution in [0.2, 0.25) is 0 Å². The third-order valence-electron chi connectivity index (χ3n) is 4.27. The Morgan fingerprint density at radius 2 is 1.79 bits per heavy atom. The van der Waals surface area contributed by atoms with Crippen molar-refractivity contribution in [1.82, 2.24) is 9.55 Å². The molecular formula is C19H17N3O6. The zero-order valence-corrected chi connectivity index (χ0v) is 15.1. The van der Waals surface area contributed by atoms with Crippen LogP contribution in [0.25, 0.3) is 10.8 Å². The van der Waals surface area contributed by atoms with E-state index in [1.54, 1.807) is 12.1 Å². The number of ether oxygens (including phenoxy) is 2. The number of methoxy groups -OCH3 is 1. The Kier molecular flexibility index (Phi) is 4.99. The maximum atomic E-state index is 12.5. The van der Waals surface area contributed by atoms with Crippen molar-refractivity contribution in [2.45, 2.75) is 0 Å². The number of nitrogens with zero attached hydrogens (tertiary/aromatic N) is 1. The number of nitrogens with two attached hydrogens (primary N) is 1. The molecule has 0 radical (unpaired) electrons. The molecule has 3 aromatic rings. The number of rotatable bonds is 5. The lowest BCUT2D eigenvalue weighted by molar-refractivity contribution is 0.0471. The molecule has 28 heavy (non-hydrogen) atoms. The maximum Gasteiger partial charge on any atom is 0.342 e. The van der Waals surface area contributed by atoms with Gasteiger partial charge in [0.2, 0.25) is 5.78 Å². The van der Waals surface area contributed by atoms with Gasteiger partial charge in [0, 0.05) is 7.05 Å². The van der Waals surface area contributed by atoms with E-state index in [4.69, 9.17) is 15.2 Å². The van der Waals surface area contributed by atoms with Crippen LogP contribution in [0.1, 0.15) is 20.7 Å². The quantitative estimate of drug-likeness (QED) is 0.493. The van der Waals surface area contributed by atoms with Crippen molar-refractivity contribution >= 4 is 28.3 Å². The molecule has 0 aliphatic carbocycles. The van der Waals surface area contributed by atoms with Crippen LogP contribution in [-0.4, -0.2) is 35.0 Å². The van der Waals surface area contributed by atoms with Crippen molar-refractivity contribution in [3.8, 4) is 5.75 Å². The van der Waals surface area contributed by atoms with Crippen molar-refractivity contribution in [2.24, 2.45) is 7.05 Å². The van der Waals surface area contributed by atoms with Crippen LogP contribution in [0.5, 0.6) is 5.75 Å². The first kappa shape index (κ1) is 18.9. The molecule has 0 spiro atoms. The smallest absolute Gasteiger partial charge is 0.342 e. The second kappa shape index (κ2) is 7.39. The molecular weight excluding hydrogens is 366 g/mol. The van der Waals surface area contributed by atoms with Gasteiger partial charge in [-0.3, -0.25) is 19.1 Å². The van der Waals surface area contributed by atoms with Crippen LogP contribution in [0.3, 0.4) is 0 Å². The van der Waals surface area contributed by atoms with Crippen molar-refractivity contribution in [3.63, 3.8) is 0 Å². The van der Waals surface area contributed by atoms with E-state index < -0.39 is 35.2 Å². The molecule has 0 saturated carbocycles. The summed E-state index contributed by atoms with van der Waals surface area (Å²) in [5.41, 5.74) is 3.67. The molecule has 9 nitrogen and oxygen atoms in total. The summed E-state index contributed by atoms with van der Waals surface area (Å²) in [4.78, 5) is 50.1. The summed E-state index contributed by atoms with van der Waals surface area (Å²) < 4.78 is 11.2. The minimum atomic E-state index is -0.940. The van der Waals surface area contributed by atoms with Gasteiger partial charge in [-0.1, -0.05) is 24.3 Å². The zero-order valence-electron chi connectivity index (χ0n) is 15.1. The molecule has 0 amide bonds. The highest BCUT2D eigenvalue weighted by Gasteiger charge is 2.21. The normalized spacial score (nSPS) is 10.6. The van der Waals surface area contributed by atoms with E-state index in [1.165, 1.54) is 14.2 Å². The number of fused-ring (bicyclic) bond motifs is 1. The molecule has 9 heteroatoms. The number of H-pyrrole nitrogens is 1. The molecule has 1 aromatic heterocycles. The Bertz CT molecular complexity index is 1210. The van der Waals surface area contributed by atoms with Crippen LogP contribution in [-0.2, 0) is 11.8 Å². The van der Waals surface area contributed by atoms with Gasteiger partial charge in [-0.05, 0) is 22.9 Å². The van der Waals surface area contributed by atoms with Crippen LogP contribution >= 0.6 is 0 Å². The largest absolute Gasteiger partial charge is 0.496 e. The van der Waals surface area contributed by atoms with E-state index >= 15 is 0 Å². The molecule has 2 aromatic carbocycles. The number of carbonyl (C=O) groups excluding carboxylic acids is 2. The number of ketones is 1. The van der Waals surface area contributed by atoms with Gasteiger partial charge in [0.1, 0.15) is 22.7 Å². The topological polar surface area (TPSA) is 133 Å². The molecule has 0 unspecified atom stereocenters. The Balaban J connectivity index is 1.86. The monoisotopic (exact) mass is 383 g/mol. The van der Waals surface area contributed by atoms with Gasteiger partial charge in [0.25, 0.3) is 5.56 Å². The maximum absolute atomic E-state index is 12.5. The third kappa shape index (κ3) is 3.37. The van der Waals surface area contributed by atoms with Gasteiger partial charge in [0.15, 0.2) is 6.61 Å². The molecule has 3 rings (SSSR count). The molecule has 3 N–H and O–H groups in total. The van der Waals surface area contributed by atoms with E-state index in [0.29, 0.717) is 0 Å². The van der Waals surface area contributed by atoms with Gasteiger partial charge in [-0.15, -0.1) is 0 Å². The molecule has 0 bridgehead atoms. The lowest BCUT2D eigenvalue weighted by Gasteiger charge is -2.11. The van der Waals surface area contributed by atoms with Crippen molar-refractivity contribution in [2.75, 3.05) is 19.5 Å². The average molecular weight is 383 g/mol. The highest BCUT2D eigenvalue weighted by atomic mass is 16.5. The predicted molar refractivity (Wildman–Crippen MR) is 102 cm³/mol. The fourth-order valence-corrected chi connectivity index (χ4v) is 2.74. The van der Waals surface area contributed by atoms with E-state index in [9.17, 15) is 19.2 Å². The molecule has 0 atom stereocenters. The Labute approximate surface area is 158 Å². The van der Waals surface area contributed by atoms with Crippen LogP contribution in [0.15, 0.2) is 46.0 Å². The van der Waals surface area contributed by atoms with Crippen LogP contribution in [0, 0.1) is 0 Å². The van der Waals surface area contributed by atoms with Gasteiger partial charge in [-0.25, -0.2) is 9.59 Å². The number of benzene rings is 2. The lowest BCUT2D eigenvalue weighted by atomic mass is 10.1. The minimum absolute atomic E-state index is 0.136. The van der Waals surface area contributed by atoms with E-state index in [1.807, 2.05) is 29.2 Å². The fraction of sp³-hybridized carbons (Fsp3) is 0.158. The third-order valence-corrected chi connectivity index (χ3v) is 4.27. The standard InChI is InChI=1S/C19H17N3O6/c1-22-16(20)15(17(24)21-19(22)26)13(23)9-28-18(25)12-7-10-5-3-4-6-11(10)8-14(12)27-2/h3-8H,9,20H2,1-2H3,(H,21,24,26). The minimum Gasteiger partial charge on any atom is -0.496 e. The van der Waals surface area contributed by atoms with Crippen molar-refractivity contribution in [1.29, 1.82) is 0 Å². The summed E-state index contributed by atoms with van der Waals surface area (Å²) in [5.74, 6) is -1.65. The number of Topliss-reactive ketones (excluding diaryl/α,β-unsaturated/α-hetero) is 1. The highest BCUT2D eigenvalue weighted by molar-refractivity contribution is 6.03. The molecule has 0 aliphatic heterocycles. The summed E-state index contributed by atoms with van der Waals surface area (Å²) in [6.45, 7) is -0.722. The van der Waals surface area contributed by atoms with E-state index in [-0.39, 0.29) is 17.1 Å². The summed E-state index contributed by atoms with van der Waals surface area (Å²) in [6, 6.07) is 10.6. The van der Waals surface area contributed by atoms with E-state index in [2.05, 4.69) is 0 Å². The number of aromatic nitrogens is 2. The molecule has 1 heterocycles. The number of nitrogens with one attached hydrogen (secondary N) is 1. The number of carbonyl (C=O) groups is 2. The average Bonchev–Trinajstić information content (AvgIpc) is 2.69. The number of hydrogen-bond donors (Lipinski definition) is 2. The van der Waals surface area contributed by atoms with Gasteiger partial charge in [0.05, 0.1) is 7.11 Å². The number of anilines is 1. The van der Waals surface area contributed by atoms with Crippen molar-refractivity contribution in [3.05, 3.63) is 68.4 Å². The molecule has 144 valence electrons. The number of esters is 1. The highest BCUT2D eigenvalue weighted by Crippen LogP contribution is 2.26. The summed E-state index contributed by atoms with van der Waals surface area (Å²) in [6.07, 6.45) is 0. The first-order chi connectivity index (χ1) is 13.3. The van der Waals surface area contributed by atoms with Crippen LogP contribution in [0.4, 0.5) is 5.82 Å². The predicted octanol–water partition coefficient (Wildman–Crippen LogP) is 0.857. The number of hydrogen-bond acceptors (Lipinski definition) is 7. The summed E-state index contributed by atoms with van der Waals surface area (Å²) in [5, 5.41) is 1.66. The van der Waals surface area contributed by atoms with Crippen molar-refractivity contribution < 1.29 is 19.1 Å². The Hall–Kier alpha value is -3.88. The Morgan fingerprint density at radius 3 is 2.43 bits per heavy atom. The van der Waals surface area contributed by atoms with Crippen LogP contribution < -0.4 is 21.7 Å². The SMILES string of the molecule is COc1cc2ccccc2cc1C(=O)OCC(=O)c1c(N)n(C)c(=O)[nH]c1=O. The first-order valence-electron chi connectivity index (χ1n) is 8.19. The summed E-state index contributed by atoms with van der Waals surface area (Å²) in [7, 11) is 2.72. The summed E-state index contributed by atoms with van der Waals surface area (Å²) >= 11 is 0. The molecule has 0 saturated heterocycles.